The first-order valence-corrected chi connectivity index (χ1v) is 5.83. The minimum absolute atomic E-state index is 0.161. The molecule has 2 aromatic rings. The number of carboxylic acids is 1. The molecule has 18 heavy (non-hydrogen) atoms. The third-order valence-corrected chi connectivity index (χ3v) is 2.78. The lowest BCUT2D eigenvalue weighted by molar-refractivity contribution is -0.138. The number of thiophene rings is 1. The van der Waals surface area contributed by atoms with Crippen LogP contribution in [0.1, 0.15) is 0 Å². The van der Waals surface area contributed by atoms with Crippen LogP contribution in [-0.4, -0.2) is 43.7 Å². The summed E-state index contributed by atoms with van der Waals surface area (Å²) in [5.74, 6) is -1.14. The molecule has 0 saturated heterocycles. The smallest absolute Gasteiger partial charge is 0.322 e. The van der Waals surface area contributed by atoms with Gasteiger partial charge in [-0.3, -0.25) is 9.59 Å². The predicted molar refractivity (Wildman–Crippen MR) is 61.8 cm³/mol. The number of tetrazole rings is 1. The Hall–Kier alpha value is -2.29. The molecule has 94 valence electrons. The number of nitrogens with zero attached hydrogens (tertiary/aromatic N) is 4. The second-order valence-electron chi connectivity index (χ2n) is 3.29. The van der Waals surface area contributed by atoms with E-state index in [9.17, 15) is 9.59 Å². The number of hydrogen-bond donors (Lipinski definition) is 2. The fraction of sp³-hybridized carbons (Fsp3) is 0.222. The van der Waals surface area contributed by atoms with Crippen LogP contribution in [0.3, 0.4) is 0 Å². The molecule has 9 heteroatoms. The number of carboxylic acid groups (broad SMARTS) is 1. The summed E-state index contributed by atoms with van der Waals surface area (Å²) in [6.45, 7) is -0.586. The summed E-state index contributed by atoms with van der Waals surface area (Å²) in [5, 5.41) is 24.0. The summed E-state index contributed by atoms with van der Waals surface area (Å²) in [5.41, 5.74) is 0. The van der Waals surface area contributed by atoms with Gasteiger partial charge in [0.05, 0.1) is 4.88 Å². The van der Waals surface area contributed by atoms with E-state index in [1.54, 1.807) is 0 Å². The Morgan fingerprint density at radius 3 is 3.00 bits per heavy atom. The number of carbonyl (C=O) groups excluding carboxylic acids is 1. The Balaban J connectivity index is 1.95. The molecule has 2 rings (SSSR count). The molecule has 2 N–H and O–H groups in total. The van der Waals surface area contributed by atoms with Crippen molar-refractivity contribution in [2.24, 2.45) is 0 Å². The van der Waals surface area contributed by atoms with Crippen LogP contribution < -0.4 is 5.32 Å². The molecule has 0 aromatic carbocycles. The Kier molecular flexibility index (Phi) is 3.63. The third-order valence-electron chi connectivity index (χ3n) is 1.92. The van der Waals surface area contributed by atoms with E-state index >= 15 is 0 Å². The molecule has 0 aliphatic heterocycles. The number of amides is 1. The summed E-state index contributed by atoms with van der Waals surface area (Å²) in [7, 11) is 0. The molecule has 0 bridgehead atoms. The van der Waals surface area contributed by atoms with Gasteiger partial charge in [0.1, 0.15) is 13.1 Å². The zero-order valence-corrected chi connectivity index (χ0v) is 9.92. The van der Waals surface area contributed by atoms with Crippen LogP contribution in [0.15, 0.2) is 17.5 Å². The second-order valence-corrected chi connectivity index (χ2v) is 4.24. The Morgan fingerprint density at radius 1 is 1.50 bits per heavy atom. The monoisotopic (exact) mass is 267 g/mol. The van der Waals surface area contributed by atoms with Gasteiger partial charge in [-0.2, -0.15) is 4.80 Å². The van der Waals surface area contributed by atoms with Crippen LogP contribution in [0.2, 0.25) is 0 Å². The van der Waals surface area contributed by atoms with Crippen LogP contribution in [0, 0.1) is 0 Å². The molecule has 1 amide bonds. The minimum Gasteiger partial charge on any atom is -0.480 e. The van der Waals surface area contributed by atoms with Crippen LogP contribution in [0.25, 0.3) is 10.7 Å². The molecule has 0 unspecified atom stereocenters. The van der Waals surface area contributed by atoms with E-state index in [1.165, 1.54) is 11.3 Å². The van der Waals surface area contributed by atoms with Gasteiger partial charge in [-0.05, 0) is 16.7 Å². The normalized spacial score (nSPS) is 10.2. The van der Waals surface area contributed by atoms with E-state index < -0.39 is 18.4 Å². The largest absolute Gasteiger partial charge is 0.480 e. The second kappa shape index (κ2) is 5.36. The molecule has 0 spiro atoms. The summed E-state index contributed by atoms with van der Waals surface area (Å²) in [4.78, 5) is 23.5. The summed E-state index contributed by atoms with van der Waals surface area (Å²) in [6, 6.07) is 3.71. The van der Waals surface area contributed by atoms with Gasteiger partial charge in [0.15, 0.2) is 0 Å². The van der Waals surface area contributed by atoms with Crippen molar-refractivity contribution in [3.05, 3.63) is 17.5 Å². The zero-order chi connectivity index (χ0) is 13.0. The van der Waals surface area contributed by atoms with Crippen LogP contribution in [0.5, 0.6) is 0 Å². The van der Waals surface area contributed by atoms with Gasteiger partial charge in [-0.1, -0.05) is 6.07 Å². The first kappa shape index (κ1) is 12.2. The Labute approximate surface area is 105 Å². The van der Waals surface area contributed by atoms with E-state index in [1.807, 2.05) is 17.5 Å². The highest BCUT2D eigenvalue weighted by Crippen LogP contribution is 2.19. The van der Waals surface area contributed by atoms with E-state index in [0.29, 0.717) is 5.82 Å². The lowest BCUT2D eigenvalue weighted by Crippen LogP contribution is -2.32. The van der Waals surface area contributed by atoms with Crippen molar-refractivity contribution < 1.29 is 14.7 Å². The molecule has 0 fully saturated rings. The zero-order valence-electron chi connectivity index (χ0n) is 9.11. The number of hydrogen-bond acceptors (Lipinski definition) is 6. The first-order valence-electron chi connectivity index (χ1n) is 4.95. The molecule has 0 aliphatic carbocycles. The Morgan fingerprint density at radius 2 is 2.33 bits per heavy atom. The lowest BCUT2D eigenvalue weighted by Gasteiger charge is -1.99. The molecule has 0 aliphatic rings. The molecule has 0 radical (unpaired) electrons. The highest BCUT2D eigenvalue weighted by Gasteiger charge is 2.10. The van der Waals surface area contributed by atoms with Crippen molar-refractivity contribution in [3.63, 3.8) is 0 Å². The topological polar surface area (TPSA) is 110 Å². The summed E-state index contributed by atoms with van der Waals surface area (Å²) >= 11 is 1.47. The fourth-order valence-electron chi connectivity index (χ4n) is 1.17. The lowest BCUT2D eigenvalue weighted by atomic mass is 10.5. The number of nitrogens with one attached hydrogen (secondary N) is 1. The van der Waals surface area contributed by atoms with E-state index in [0.717, 1.165) is 9.67 Å². The molecular weight excluding hydrogens is 258 g/mol. The maximum absolute atomic E-state index is 11.3. The number of carbonyl (C=O) groups is 2. The first-order chi connectivity index (χ1) is 8.65. The maximum atomic E-state index is 11.3. The molecule has 8 nitrogen and oxygen atoms in total. The van der Waals surface area contributed by atoms with Gasteiger partial charge in [0.25, 0.3) is 0 Å². The van der Waals surface area contributed by atoms with Crippen molar-refractivity contribution in [3.8, 4) is 10.7 Å². The molecular formula is C9H9N5O3S. The van der Waals surface area contributed by atoms with Crippen LogP contribution in [0.4, 0.5) is 0 Å². The highest BCUT2D eigenvalue weighted by molar-refractivity contribution is 7.13. The number of rotatable bonds is 5. The van der Waals surface area contributed by atoms with Crippen molar-refractivity contribution in [2.75, 3.05) is 6.54 Å². The van der Waals surface area contributed by atoms with Gasteiger partial charge < -0.3 is 10.4 Å². The van der Waals surface area contributed by atoms with Gasteiger partial charge in [-0.15, -0.1) is 21.5 Å². The standard InChI is InChI=1S/C9H9N5O3S/c15-7(10-4-8(16)17)5-14-12-9(11-13-14)6-2-1-3-18-6/h1-3H,4-5H2,(H,10,15)(H,16,17). The molecule has 0 atom stereocenters. The van der Waals surface area contributed by atoms with Crippen LogP contribution >= 0.6 is 11.3 Å². The third kappa shape index (κ3) is 3.10. The average molecular weight is 267 g/mol. The number of aromatic nitrogens is 4. The highest BCUT2D eigenvalue weighted by atomic mass is 32.1. The maximum Gasteiger partial charge on any atom is 0.322 e. The SMILES string of the molecule is O=C(O)CNC(=O)Cn1nnc(-c2cccs2)n1. The molecule has 2 aromatic heterocycles. The quantitative estimate of drug-likeness (QED) is 0.763. The van der Waals surface area contributed by atoms with Crippen LogP contribution in [-0.2, 0) is 16.1 Å². The Bertz CT molecular complexity index is 550. The van der Waals surface area contributed by atoms with Crippen molar-refractivity contribution in [2.45, 2.75) is 6.54 Å². The van der Waals surface area contributed by atoms with E-state index in [4.69, 9.17) is 5.11 Å². The minimum atomic E-state index is -1.10. The predicted octanol–water partition coefficient (Wildman–Crippen LogP) is -0.398. The van der Waals surface area contributed by atoms with Gasteiger partial charge in [-0.25, -0.2) is 0 Å². The van der Waals surface area contributed by atoms with Crippen molar-refractivity contribution >= 4 is 23.2 Å². The van der Waals surface area contributed by atoms with Crippen molar-refractivity contribution in [1.82, 2.24) is 25.5 Å². The number of aliphatic carboxylic acids is 1. The summed E-state index contributed by atoms with van der Waals surface area (Å²) in [6.07, 6.45) is 0. The van der Waals surface area contributed by atoms with E-state index in [2.05, 4.69) is 20.7 Å². The molecule has 0 saturated carbocycles. The molecule has 2 heterocycles. The van der Waals surface area contributed by atoms with E-state index in [-0.39, 0.29) is 6.54 Å². The van der Waals surface area contributed by atoms with Gasteiger partial charge >= 0.3 is 5.97 Å². The summed E-state index contributed by atoms with van der Waals surface area (Å²) < 4.78 is 0. The average Bonchev–Trinajstić information content (AvgIpc) is 2.95. The van der Waals surface area contributed by atoms with Crippen molar-refractivity contribution in [1.29, 1.82) is 0 Å². The van der Waals surface area contributed by atoms with Gasteiger partial charge in [0, 0.05) is 0 Å². The fourth-order valence-corrected chi connectivity index (χ4v) is 1.82. The van der Waals surface area contributed by atoms with Gasteiger partial charge in [0.2, 0.25) is 11.7 Å².